The van der Waals surface area contributed by atoms with E-state index in [1.165, 1.54) is 5.56 Å². The Balaban J connectivity index is 1.53. The van der Waals surface area contributed by atoms with Gasteiger partial charge in [0.15, 0.2) is 11.5 Å². The first-order chi connectivity index (χ1) is 13.3. The second-order valence-corrected chi connectivity index (χ2v) is 7.41. The number of hydrogen-bond acceptors (Lipinski definition) is 5. The molecule has 1 aromatic carbocycles. The summed E-state index contributed by atoms with van der Waals surface area (Å²) in [5.74, 6) is 2.13. The van der Waals surface area contributed by atoms with Crippen molar-refractivity contribution >= 4 is 22.5 Å². The van der Waals surface area contributed by atoms with E-state index in [9.17, 15) is 0 Å². The maximum atomic E-state index is 5.77. The Morgan fingerprint density at radius 3 is 2.70 bits per heavy atom. The summed E-state index contributed by atoms with van der Waals surface area (Å²) in [4.78, 5) is 17.2. The number of aromatic nitrogens is 4. The Labute approximate surface area is 162 Å². The highest BCUT2D eigenvalue weighted by Gasteiger charge is 2.13. The summed E-state index contributed by atoms with van der Waals surface area (Å²) in [6, 6.07) is 11.9. The van der Waals surface area contributed by atoms with Gasteiger partial charge in [0.2, 0.25) is 0 Å². The summed E-state index contributed by atoms with van der Waals surface area (Å²) in [6.45, 7) is 4.88. The lowest BCUT2D eigenvalue weighted by Crippen LogP contribution is -1.96. The first kappa shape index (κ1) is 17.7. The standard InChI is InChI=1S/C21H22N4OS/c1-3-14(4-2)15-10-17-20(22-11-15)25-21(24-17)18-13-27-19(23-18)12-26-16-8-6-5-7-9-16/h5-11,13-14H,3-4,12H2,1-2H3,(H,22,24,25). The summed E-state index contributed by atoms with van der Waals surface area (Å²) < 4.78 is 5.77. The third-order valence-electron chi connectivity index (χ3n) is 4.72. The number of H-pyrrole nitrogens is 1. The summed E-state index contributed by atoms with van der Waals surface area (Å²) in [5.41, 5.74) is 3.78. The van der Waals surface area contributed by atoms with E-state index in [1.807, 2.05) is 41.9 Å². The second-order valence-electron chi connectivity index (χ2n) is 6.47. The first-order valence-corrected chi connectivity index (χ1v) is 10.1. The minimum atomic E-state index is 0.450. The Bertz CT molecular complexity index is 1020. The van der Waals surface area contributed by atoms with Gasteiger partial charge >= 0.3 is 0 Å². The number of rotatable bonds is 7. The summed E-state index contributed by atoms with van der Waals surface area (Å²) in [6.07, 6.45) is 4.17. The average Bonchev–Trinajstić information content (AvgIpc) is 3.34. The van der Waals surface area contributed by atoms with E-state index in [1.54, 1.807) is 11.3 Å². The van der Waals surface area contributed by atoms with Crippen LogP contribution in [0.25, 0.3) is 22.7 Å². The Morgan fingerprint density at radius 1 is 1.11 bits per heavy atom. The van der Waals surface area contributed by atoms with E-state index >= 15 is 0 Å². The van der Waals surface area contributed by atoms with E-state index in [-0.39, 0.29) is 0 Å². The highest BCUT2D eigenvalue weighted by Crippen LogP contribution is 2.27. The molecule has 138 valence electrons. The third kappa shape index (κ3) is 3.85. The third-order valence-corrected chi connectivity index (χ3v) is 5.54. The summed E-state index contributed by atoms with van der Waals surface area (Å²) in [7, 11) is 0. The van der Waals surface area contributed by atoms with Gasteiger partial charge in [0.05, 0.1) is 5.52 Å². The van der Waals surface area contributed by atoms with Crippen molar-refractivity contribution < 1.29 is 4.74 Å². The molecule has 6 heteroatoms. The van der Waals surface area contributed by atoms with Crippen molar-refractivity contribution in [3.8, 4) is 17.3 Å². The van der Waals surface area contributed by atoms with Gasteiger partial charge < -0.3 is 9.72 Å². The van der Waals surface area contributed by atoms with Crippen LogP contribution in [0.4, 0.5) is 0 Å². The van der Waals surface area contributed by atoms with Gasteiger partial charge in [-0.15, -0.1) is 11.3 Å². The zero-order valence-electron chi connectivity index (χ0n) is 15.5. The highest BCUT2D eigenvalue weighted by atomic mass is 32.1. The van der Waals surface area contributed by atoms with Gasteiger partial charge in [0, 0.05) is 11.6 Å². The average molecular weight is 379 g/mol. The maximum Gasteiger partial charge on any atom is 0.178 e. The molecule has 0 saturated heterocycles. The van der Waals surface area contributed by atoms with Gasteiger partial charge in [0.1, 0.15) is 23.1 Å². The fraction of sp³-hybridized carbons (Fsp3) is 0.286. The van der Waals surface area contributed by atoms with Crippen molar-refractivity contribution in [2.75, 3.05) is 0 Å². The number of nitrogens with zero attached hydrogens (tertiary/aromatic N) is 3. The number of imidazole rings is 1. The van der Waals surface area contributed by atoms with E-state index in [2.05, 4.69) is 39.8 Å². The quantitative estimate of drug-likeness (QED) is 0.457. The minimum Gasteiger partial charge on any atom is -0.486 e. The highest BCUT2D eigenvalue weighted by molar-refractivity contribution is 7.09. The van der Waals surface area contributed by atoms with Crippen LogP contribution in [-0.4, -0.2) is 19.9 Å². The van der Waals surface area contributed by atoms with Crippen LogP contribution in [0.3, 0.4) is 0 Å². The lowest BCUT2D eigenvalue weighted by atomic mass is 9.95. The first-order valence-electron chi connectivity index (χ1n) is 9.25. The lowest BCUT2D eigenvalue weighted by Gasteiger charge is -2.11. The smallest absolute Gasteiger partial charge is 0.178 e. The fourth-order valence-corrected chi connectivity index (χ4v) is 3.86. The van der Waals surface area contributed by atoms with Crippen molar-refractivity contribution in [2.24, 2.45) is 0 Å². The number of thiazole rings is 1. The van der Waals surface area contributed by atoms with Gasteiger partial charge in [-0.2, -0.15) is 0 Å². The molecule has 0 fully saturated rings. The van der Waals surface area contributed by atoms with Crippen molar-refractivity contribution in [1.82, 2.24) is 19.9 Å². The van der Waals surface area contributed by atoms with E-state index in [4.69, 9.17) is 4.74 Å². The minimum absolute atomic E-state index is 0.450. The van der Waals surface area contributed by atoms with E-state index in [0.717, 1.165) is 46.3 Å². The van der Waals surface area contributed by atoms with E-state index in [0.29, 0.717) is 12.5 Å². The molecule has 0 bridgehead atoms. The van der Waals surface area contributed by atoms with Gasteiger partial charge in [-0.25, -0.2) is 15.0 Å². The number of aromatic amines is 1. The Morgan fingerprint density at radius 2 is 1.93 bits per heavy atom. The largest absolute Gasteiger partial charge is 0.486 e. The number of ether oxygens (including phenoxy) is 1. The molecule has 5 nitrogen and oxygen atoms in total. The molecule has 0 aliphatic rings. The predicted octanol–water partition coefficient (Wildman–Crippen LogP) is 5.56. The number of fused-ring (bicyclic) bond motifs is 1. The van der Waals surface area contributed by atoms with Gasteiger partial charge in [-0.3, -0.25) is 0 Å². The van der Waals surface area contributed by atoms with Crippen LogP contribution < -0.4 is 4.74 Å². The molecule has 0 saturated carbocycles. The molecule has 0 aliphatic heterocycles. The molecule has 4 aromatic rings. The monoisotopic (exact) mass is 378 g/mol. The van der Waals surface area contributed by atoms with Crippen molar-refractivity contribution in [1.29, 1.82) is 0 Å². The molecule has 1 N–H and O–H groups in total. The molecule has 0 aliphatic carbocycles. The van der Waals surface area contributed by atoms with Crippen LogP contribution in [0.5, 0.6) is 5.75 Å². The molecule has 4 rings (SSSR count). The fourth-order valence-electron chi connectivity index (χ4n) is 3.17. The van der Waals surface area contributed by atoms with Crippen molar-refractivity contribution in [2.45, 2.75) is 39.2 Å². The summed E-state index contributed by atoms with van der Waals surface area (Å²) >= 11 is 1.57. The van der Waals surface area contributed by atoms with Gasteiger partial charge in [-0.05, 0) is 42.5 Å². The number of pyridine rings is 1. The molecule has 0 unspecified atom stereocenters. The van der Waals surface area contributed by atoms with Crippen LogP contribution in [0.1, 0.15) is 43.2 Å². The molecule has 27 heavy (non-hydrogen) atoms. The molecule has 3 aromatic heterocycles. The molecule has 0 amide bonds. The van der Waals surface area contributed by atoms with Crippen molar-refractivity contribution in [3.05, 3.63) is 58.5 Å². The van der Waals surface area contributed by atoms with Crippen molar-refractivity contribution in [3.63, 3.8) is 0 Å². The maximum absolute atomic E-state index is 5.77. The topological polar surface area (TPSA) is 63.7 Å². The molecular formula is C21H22N4OS. The molecular weight excluding hydrogens is 356 g/mol. The molecule has 3 heterocycles. The lowest BCUT2D eigenvalue weighted by molar-refractivity contribution is 0.305. The Kier molecular flexibility index (Phi) is 5.16. The van der Waals surface area contributed by atoms with Crippen LogP contribution in [0.2, 0.25) is 0 Å². The van der Waals surface area contributed by atoms with Gasteiger partial charge in [-0.1, -0.05) is 32.0 Å². The number of benzene rings is 1. The number of hydrogen-bond donors (Lipinski definition) is 1. The zero-order valence-corrected chi connectivity index (χ0v) is 16.3. The predicted molar refractivity (Wildman–Crippen MR) is 109 cm³/mol. The SMILES string of the molecule is CCC(CC)c1cnc2nc(-c3csc(COc4ccccc4)n3)[nH]c2c1. The van der Waals surface area contributed by atoms with Crippen LogP contribution >= 0.6 is 11.3 Å². The number of nitrogens with one attached hydrogen (secondary N) is 1. The molecule has 0 atom stereocenters. The Hall–Kier alpha value is -2.73. The van der Waals surface area contributed by atoms with Crippen LogP contribution in [0, 0.1) is 0 Å². The molecule has 0 radical (unpaired) electrons. The normalized spacial score (nSPS) is 11.4. The van der Waals surface area contributed by atoms with Crippen LogP contribution in [0.15, 0.2) is 48.0 Å². The summed E-state index contributed by atoms with van der Waals surface area (Å²) in [5, 5.41) is 2.92. The van der Waals surface area contributed by atoms with Crippen LogP contribution in [-0.2, 0) is 6.61 Å². The van der Waals surface area contributed by atoms with Gasteiger partial charge in [0.25, 0.3) is 0 Å². The molecule has 0 spiro atoms. The zero-order chi connectivity index (χ0) is 18.6. The number of para-hydroxylation sites is 1. The van der Waals surface area contributed by atoms with E-state index < -0.39 is 0 Å². The second kappa shape index (κ2) is 7.88.